The van der Waals surface area contributed by atoms with Gasteiger partial charge in [-0.25, -0.2) is 0 Å². The quantitative estimate of drug-likeness (QED) is 0.787. The summed E-state index contributed by atoms with van der Waals surface area (Å²) in [5.41, 5.74) is 1.88. The Kier molecular flexibility index (Phi) is 5.53. The van der Waals surface area contributed by atoms with Gasteiger partial charge >= 0.3 is 0 Å². The van der Waals surface area contributed by atoms with Gasteiger partial charge in [-0.15, -0.1) is 0 Å². The molecule has 0 saturated heterocycles. The topological polar surface area (TPSA) is 66.5 Å². The average Bonchev–Trinajstić information content (AvgIpc) is 2.72. The first kappa shape index (κ1) is 17.2. The van der Waals surface area contributed by atoms with Crippen molar-refractivity contribution in [2.24, 2.45) is 0 Å². The molecule has 3 amide bonds. The maximum absolute atomic E-state index is 12.3. The van der Waals surface area contributed by atoms with Crippen LogP contribution in [0.3, 0.4) is 0 Å². The fourth-order valence-corrected chi connectivity index (χ4v) is 2.86. The molecule has 1 aromatic rings. The van der Waals surface area contributed by atoms with Crippen LogP contribution in [0, 0.1) is 6.92 Å². The maximum atomic E-state index is 12.3. The largest absolute Gasteiger partial charge is 0.354 e. The minimum absolute atomic E-state index is 0.0293. The SMILES string of the molecule is CCCC(C)NC(=O)CCCN1C(=O)c2ccc(C)cc2C1=O. The fraction of sp³-hybridized carbons (Fsp3) is 0.500. The van der Waals surface area contributed by atoms with E-state index in [1.54, 1.807) is 12.1 Å². The zero-order valence-electron chi connectivity index (χ0n) is 14.0. The van der Waals surface area contributed by atoms with E-state index in [0.717, 1.165) is 18.4 Å². The van der Waals surface area contributed by atoms with Crippen LogP contribution in [-0.4, -0.2) is 35.2 Å². The normalized spacial score (nSPS) is 14.8. The van der Waals surface area contributed by atoms with Crippen LogP contribution in [0.5, 0.6) is 0 Å². The minimum Gasteiger partial charge on any atom is -0.354 e. The summed E-state index contributed by atoms with van der Waals surface area (Å²) in [5, 5.41) is 2.93. The molecule has 23 heavy (non-hydrogen) atoms. The summed E-state index contributed by atoms with van der Waals surface area (Å²) in [6.45, 7) is 6.23. The number of carbonyl (C=O) groups is 3. The van der Waals surface area contributed by atoms with Crippen molar-refractivity contribution in [2.75, 3.05) is 6.54 Å². The van der Waals surface area contributed by atoms with Crippen LogP contribution in [0.25, 0.3) is 0 Å². The number of hydrogen-bond donors (Lipinski definition) is 1. The highest BCUT2D eigenvalue weighted by Crippen LogP contribution is 2.24. The third kappa shape index (κ3) is 3.97. The molecular formula is C18H24N2O3. The van der Waals surface area contributed by atoms with E-state index in [4.69, 9.17) is 0 Å². The summed E-state index contributed by atoms with van der Waals surface area (Å²) in [5.74, 6) is -0.545. The molecule has 5 nitrogen and oxygen atoms in total. The molecule has 0 saturated carbocycles. The lowest BCUT2D eigenvalue weighted by Gasteiger charge is -2.15. The predicted octanol–water partition coefficient (Wildman–Crippen LogP) is 2.68. The van der Waals surface area contributed by atoms with Gasteiger partial charge in [-0.1, -0.05) is 25.0 Å². The molecule has 1 atom stereocenters. The fourth-order valence-electron chi connectivity index (χ4n) is 2.86. The van der Waals surface area contributed by atoms with Crippen LogP contribution >= 0.6 is 0 Å². The Morgan fingerprint density at radius 3 is 2.61 bits per heavy atom. The van der Waals surface area contributed by atoms with Crippen LogP contribution in [0.4, 0.5) is 0 Å². The van der Waals surface area contributed by atoms with E-state index in [0.29, 0.717) is 24.0 Å². The lowest BCUT2D eigenvalue weighted by Crippen LogP contribution is -2.34. The zero-order chi connectivity index (χ0) is 17.0. The molecular weight excluding hydrogens is 292 g/mol. The van der Waals surface area contributed by atoms with Crippen molar-refractivity contribution in [3.63, 3.8) is 0 Å². The first-order valence-electron chi connectivity index (χ1n) is 8.20. The van der Waals surface area contributed by atoms with Crippen LogP contribution in [0.15, 0.2) is 18.2 Å². The molecule has 1 unspecified atom stereocenters. The Morgan fingerprint density at radius 2 is 1.91 bits per heavy atom. The van der Waals surface area contributed by atoms with Gasteiger partial charge in [0.25, 0.3) is 11.8 Å². The van der Waals surface area contributed by atoms with Gasteiger partial charge in [0.2, 0.25) is 5.91 Å². The van der Waals surface area contributed by atoms with E-state index >= 15 is 0 Å². The van der Waals surface area contributed by atoms with Gasteiger partial charge in [0.1, 0.15) is 0 Å². The molecule has 2 rings (SSSR count). The second kappa shape index (κ2) is 7.40. The number of rotatable bonds is 7. The highest BCUT2D eigenvalue weighted by Gasteiger charge is 2.34. The van der Waals surface area contributed by atoms with E-state index in [-0.39, 0.29) is 30.3 Å². The van der Waals surface area contributed by atoms with Crippen molar-refractivity contribution in [3.8, 4) is 0 Å². The molecule has 1 aliphatic heterocycles. The standard InChI is InChI=1S/C18H24N2O3/c1-4-6-13(3)19-16(21)7-5-10-20-17(22)14-9-8-12(2)11-15(14)18(20)23/h8-9,11,13H,4-7,10H2,1-3H3,(H,19,21). The van der Waals surface area contributed by atoms with E-state index in [2.05, 4.69) is 12.2 Å². The van der Waals surface area contributed by atoms with Crippen molar-refractivity contribution in [1.29, 1.82) is 0 Å². The highest BCUT2D eigenvalue weighted by molar-refractivity contribution is 6.21. The Bertz CT molecular complexity index is 625. The summed E-state index contributed by atoms with van der Waals surface area (Å²) in [6.07, 6.45) is 2.77. The second-order valence-corrected chi connectivity index (χ2v) is 6.17. The average molecular weight is 316 g/mol. The van der Waals surface area contributed by atoms with Gasteiger partial charge in [0, 0.05) is 19.0 Å². The summed E-state index contributed by atoms with van der Waals surface area (Å²) in [6, 6.07) is 5.43. The van der Waals surface area contributed by atoms with E-state index in [1.807, 2.05) is 19.9 Å². The van der Waals surface area contributed by atoms with Gasteiger partial charge < -0.3 is 5.32 Å². The van der Waals surface area contributed by atoms with Gasteiger partial charge in [-0.2, -0.15) is 0 Å². The number of fused-ring (bicyclic) bond motifs is 1. The highest BCUT2D eigenvalue weighted by atomic mass is 16.2. The van der Waals surface area contributed by atoms with E-state index < -0.39 is 0 Å². The first-order chi connectivity index (χ1) is 10.9. The summed E-state index contributed by atoms with van der Waals surface area (Å²) in [7, 11) is 0. The lowest BCUT2D eigenvalue weighted by atomic mass is 10.1. The van der Waals surface area contributed by atoms with Gasteiger partial charge in [-0.05, 0) is 38.8 Å². The van der Waals surface area contributed by atoms with Crippen molar-refractivity contribution < 1.29 is 14.4 Å². The Morgan fingerprint density at radius 1 is 1.22 bits per heavy atom. The number of hydrogen-bond acceptors (Lipinski definition) is 3. The third-order valence-electron chi connectivity index (χ3n) is 4.04. The molecule has 1 heterocycles. The number of nitrogens with zero attached hydrogens (tertiary/aromatic N) is 1. The van der Waals surface area contributed by atoms with E-state index in [9.17, 15) is 14.4 Å². The Balaban J connectivity index is 1.87. The monoisotopic (exact) mass is 316 g/mol. The van der Waals surface area contributed by atoms with Crippen LogP contribution in [-0.2, 0) is 4.79 Å². The number of carbonyl (C=O) groups excluding carboxylic acids is 3. The number of imide groups is 1. The van der Waals surface area contributed by atoms with E-state index in [1.165, 1.54) is 4.90 Å². The molecule has 0 bridgehead atoms. The number of nitrogens with one attached hydrogen (secondary N) is 1. The molecule has 0 fully saturated rings. The Hall–Kier alpha value is -2.17. The second-order valence-electron chi connectivity index (χ2n) is 6.17. The van der Waals surface area contributed by atoms with Crippen molar-refractivity contribution in [1.82, 2.24) is 10.2 Å². The molecule has 124 valence electrons. The molecule has 5 heteroatoms. The smallest absolute Gasteiger partial charge is 0.261 e. The predicted molar refractivity (Wildman–Crippen MR) is 88.3 cm³/mol. The molecule has 1 aliphatic rings. The van der Waals surface area contributed by atoms with Crippen molar-refractivity contribution in [3.05, 3.63) is 34.9 Å². The Labute approximate surface area is 137 Å². The number of aryl methyl sites for hydroxylation is 1. The molecule has 1 N–H and O–H groups in total. The molecule has 0 radical (unpaired) electrons. The molecule has 0 aromatic heterocycles. The summed E-state index contributed by atoms with van der Waals surface area (Å²) >= 11 is 0. The molecule has 1 aromatic carbocycles. The summed E-state index contributed by atoms with van der Waals surface area (Å²) in [4.78, 5) is 37.6. The summed E-state index contributed by atoms with van der Waals surface area (Å²) < 4.78 is 0. The maximum Gasteiger partial charge on any atom is 0.261 e. The molecule has 0 aliphatic carbocycles. The van der Waals surface area contributed by atoms with Crippen LogP contribution < -0.4 is 5.32 Å². The first-order valence-corrected chi connectivity index (χ1v) is 8.20. The number of benzene rings is 1. The number of amides is 3. The van der Waals surface area contributed by atoms with Crippen LogP contribution in [0.1, 0.15) is 65.8 Å². The van der Waals surface area contributed by atoms with Gasteiger partial charge in [-0.3, -0.25) is 19.3 Å². The third-order valence-corrected chi connectivity index (χ3v) is 4.04. The van der Waals surface area contributed by atoms with Crippen molar-refractivity contribution >= 4 is 17.7 Å². The van der Waals surface area contributed by atoms with Gasteiger partial charge in [0.05, 0.1) is 11.1 Å². The van der Waals surface area contributed by atoms with Crippen molar-refractivity contribution in [2.45, 2.75) is 52.5 Å². The minimum atomic E-state index is -0.259. The van der Waals surface area contributed by atoms with Crippen LogP contribution in [0.2, 0.25) is 0 Å². The zero-order valence-corrected chi connectivity index (χ0v) is 14.0. The van der Waals surface area contributed by atoms with Gasteiger partial charge in [0.15, 0.2) is 0 Å². The lowest BCUT2D eigenvalue weighted by molar-refractivity contribution is -0.121. The molecule has 0 spiro atoms.